The Hall–Kier alpha value is -3.02. The van der Waals surface area contributed by atoms with Crippen LogP contribution in [0.15, 0.2) is 41.4 Å². The van der Waals surface area contributed by atoms with Crippen LogP contribution in [0.2, 0.25) is 0 Å². The van der Waals surface area contributed by atoms with Crippen molar-refractivity contribution in [1.82, 2.24) is 0 Å². The number of benzene rings is 2. The van der Waals surface area contributed by atoms with E-state index in [0.717, 1.165) is 23.4 Å². The number of ketones is 1. The molecule has 0 radical (unpaired) electrons. The first-order valence-corrected chi connectivity index (χ1v) is 6.94. The molecule has 2 aromatic carbocycles. The Morgan fingerprint density at radius 1 is 1.09 bits per heavy atom. The molecule has 0 heterocycles. The zero-order chi connectivity index (χ0) is 17.0. The van der Waals surface area contributed by atoms with Crippen molar-refractivity contribution in [3.63, 3.8) is 0 Å². The molecular weight excluding hydrogens is 296 g/mol. The summed E-state index contributed by atoms with van der Waals surface area (Å²) in [5, 5.41) is 28.1. The Labute approximate surface area is 134 Å². The van der Waals surface area contributed by atoms with Crippen LogP contribution in [0.1, 0.15) is 15.9 Å². The lowest BCUT2D eigenvalue weighted by Crippen LogP contribution is -2.08. The predicted octanol–water partition coefficient (Wildman–Crippen LogP) is 2.17. The summed E-state index contributed by atoms with van der Waals surface area (Å²) < 4.78 is 0. The molecule has 0 aliphatic heterocycles. The third-order valence-corrected chi connectivity index (χ3v) is 3.28. The number of carbonyl (C=O) groups excluding carboxylic acids is 1. The highest BCUT2D eigenvalue weighted by molar-refractivity contribution is 5.99. The summed E-state index contributed by atoms with van der Waals surface area (Å²) in [6.07, 6.45) is 1.58. The van der Waals surface area contributed by atoms with E-state index in [1.54, 1.807) is 6.21 Å². The monoisotopic (exact) mass is 314 g/mol. The molecule has 0 unspecified atom stereocenters. The molecule has 0 saturated carbocycles. The molecule has 6 heteroatoms. The molecule has 0 bridgehead atoms. The summed E-state index contributed by atoms with van der Waals surface area (Å²) in [6, 6.07) is 9.86. The molecule has 2 rings (SSSR count). The SMILES string of the molecule is CN(C)c1ccc(C=NCC(=O)c2cc(O)c(O)c(O)c2)cc1. The van der Waals surface area contributed by atoms with E-state index in [1.165, 1.54) is 0 Å². The molecule has 0 fully saturated rings. The minimum absolute atomic E-state index is 0.0814. The maximum Gasteiger partial charge on any atom is 0.200 e. The van der Waals surface area contributed by atoms with Gasteiger partial charge >= 0.3 is 0 Å². The van der Waals surface area contributed by atoms with Gasteiger partial charge < -0.3 is 20.2 Å². The largest absolute Gasteiger partial charge is 0.504 e. The van der Waals surface area contributed by atoms with Crippen LogP contribution in [0.4, 0.5) is 5.69 Å². The number of aromatic hydroxyl groups is 3. The third kappa shape index (κ3) is 4.00. The first-order chi connectivity index (χ1) is 10.9. The molecule has 0 amide bonds. The Kier molecular flexibility index (Phi) is 4.85. The van der Waals surface area contributed by atoms with Crippen molar-refractivity contribution in [3.8, 4) is 17.2 Å². The van der Waals surface area contributed by atoms with Crippen LogP contribution in [-0.4, -0.2) is 48.0 Å². The summed E-state index contributed by atoms with van der Waals surface area (Å²) >= 11 is 0. The molecule has 0 aliphatic carbocycles. The Morgan fingerprint density at radius 3 is 2.17 bits per heavy atom. The smallest absolute Gasteiger partial charge is 0.200 e. The molecule has 0 aromatic heterocycles. The van der Waals surface area contributed by atoms with Gasteiger partial charge in [-0.05, 0) is 29.8 Å². The summed E-state index contributed by atoms with van der Waals surface area (Å²) in [5.74, 6) is -2.11. The lowest BCUT2D eigenvalue weighted by Gasteiger charge is -2.11. The second-order valence-electron chi connectivity index (χ2n) is 5.24. The zero-order valence-electron chi connectivity index (χ0n) is 12.9. The first kappa shape index (κ1) is 16.4. The van der Waals surface area contributed by atoms with E-state index in [2.05, 4.69) is 4.99 Å². The fraction of sp³-hybridized carbons (Fsp3) is 0.176. The van der Waals surface area contributed by atoms with E-state index in [0.29, 0.717) is 0 Å². The minimum Gasteiger partial charge on any atom is -0.504 e. The van der Waals surface area contributed by atoms with Crippen LogP contribution in [0.25, 0.3) is 0 Å². The van der Waals surface area contributed by atoms with Crippen LogP contribution < -0.4 is 4.90 Å². The number of Topliss-reactive ketones (excluding diaryl/α,β-unsaturated/α-hetero) is 1. The van der Waals surface area contributed by atoms with Gasteiger partial charge in [0.05, 0.1) is 0 Å². The van der Waals surface area contributed by atoms with E-state index in [1.807, 2.05) is 43.3 Å². The van der Waals surface area contributed by atoms with Crippen molar-refractivity contribution in [1.29, 1.82) is 0 Å². The topological polar surface area (TPSA) is 93.4 Å². The van der Waals surface area contributed by atoms with E-state index in [-0.39, 0.29) is 17.9 Å². The van der Waals surface area contributed by atoms with Crippen molar-refractivity contribution < 1.29 is 20.1 Å². The second kappa shape index (κ2) is 6.83. The van der Waals surface area contributed by atoms with Crippen molar-refractivity contribution in [2.45, 2.75) is 0 Å². The van der Waals surface area contributed by atoms with Crippen LogP contribution in [0.5, 0.6) is 17.2 Å². The number of phenols is 3. The number of nitrogens with zero attached hydrogens (tertiary/aromatic N) is 2. The fourth-order valence-electron chi connectivity index (χ4n) is 1.95. The maximum absolute atomic E-state index is 12.0. The number of aliphatic imine (C=N–C) groups is 1. The van der Waals surface area contributed by atoms with E-state index in [9.17, 15) is 20.1 Å². The number of carbonyl (C=O) groups is 1. The van der Waals surface area contributed by atoms with E-state index in [4.69, 9.17) is 0 Å². The zero-order valence-corrected chi connectivity index (χ0v) is 12.9. The van der Waals surface area contributed by atoms with Gasteiger partial charge in [0.2, 0.25) is 0 Å². The van der Waals surface area contributed by atoms with Crippen molar-refractivity contribution in [3.05, 3.63) is 47.5 Å². The number of anilines is 1. The van der Waals surface area contributed by atoms with Gasteiger partial charge in [0, 0.05) is 31.6 Å². The van der Waals surface area contributed by atoms with Crippen LogP contribution in [-0.2, 0) is 0 Å². The molecule has 0 saturated heterocycles. The summed E-state index contributed by atoms with van der Waals surface area (Å²) in [7, 11) is 3.90. The average molecular weight is 314 g/mol. The van der Waals surface area contributed by atoms with Crippen LogP contribution >= 0.6 is 0 Å². The summed E-state index contributed by atoms with van der Waals surface area (Å²) in [4.78, 5) is 18.0. The predicted molar refractivity (Wildman–Crippen MR) is 89.0 cm³/mol. The second-order valence-corrected chi connectivity index (χ2v) is 5.24. The van der Waals surface area contributed by atoms with Crippen molar-refractivity contribution >= 4 is 17.7 Å². The normalized spacial score (nSPS) is 10.9. The van der Waals surface area contributed by atoms with E-state index < -0.39 is 17.2 Å². The molecule has 0 atom stereocenters. The molecule has 2 aromatic rings. The molecule has 120 valence electrons. The molecule has 0 spiro atoms. The van der Waals surface area contributed by atoms with Gasteiger partial charge in [-0.15, -0.1) is 0 Å². The van der Waals surface area contributed by atoms with Crippen LogP contribution in [0.3, 0.4) is 0 Å². The van der Waals surface area contributed by atoms with Gasteiger partial charge in [0.25, 0.3) is 0 Å². The third-order valence-electron chi connectivity index (χ3n) is 3.28. The van der Waals surface area contributed by atoms with Crippen molar-refractivity contribution in [2.75, 3.05) is 25.5 Å². The number of hydrogen-bond donors (Lipinski definition) is 3. The number of phenolic OH excluding ortho intramolecular Hbond substituents is 3. The Morgan fingerprint density at radius 2 is 1.65 bits per heavy atom. The van der Waals surface area contributed by atoms with Crippen molar-refractivity contribution in [2.24, 2.45) is 4.99 Å². The lowest BCUT2D eigenvalue weighted by atomic mass is 10.1. The van der Waals surface area contributed by atoms with Gasteiger partial charge in [-0.3, -0.25) is 9.79 Å². The molecule has 23 heavy (non-hydrogen) atoms. The molecule has 0 aliphatic rings. The van der Waals surface area contributed by atoms with Gasteiger partial charge in [0.15, 0.2) is 23.0 Å². The first-order valence-electron chi connectivity index (χ1n) is 6.94. The lowest BCUT2D eigenvalue weighted by molar-refractivity contribution is 0.100. The number of hydrogen-bond acceptors (Lipinski definition) is 6. The number of rotatable bonds is 5. The highest BCUT2D eigenvalue weighted by Crippen LogP contribution is 2.35. The van der Waals surface area contributed by atoms with E-state index >= 15 is 0 Å². The molecule has 6 nitrogen and oxygen atoms in total. The fourth-order valence-corrected chi connectivity index (χ4v) is 1.95. The Balaban J connectivity index is 2.04. The standard InChI is InChI=1S/C17H18N2O4/c1-19(2)13-5-3-11(4-6-13)9-18-10-16(22)12-7-14(20)17(23)15(21)8-12/h3-9,20-21,23H,10H2,1-2H3. The van der Waals surface area contributed by atoms with Gasteiger partial charge in [-0.25, -0.2) is 0 Å². The van der Waals surface area contributed by atoms with Gasteiger partial charge in [-0.1, -0.05) is 12.1 Å². The Bertz CT molecular complexity index is 714. The van der Waals surface area contributed by atoms with Crippen LogP contribution in [0, 0.1) is 0 Å². The minimum atomic E-state index is -0.647. The van der Waals surface area contributed by atoms with Gasteiger partial charge in [-0.2, -0.15) is 0 Å². The molecular formula is C17H18N2O4. The highest BCUT2D eigenvalue weighted by atomic mass is 16.3. The summed E-state index contributed by atoms with van der Waals surface area (Å²) in [5.41, 5.74) is 2.01. The maximum atomic E-state index is 12.0. The summed E-state index contributed by atoms with van der Waals surface area (Å²) in [6.45, 7) is -0.126. The highest BCUT2D eigenvalue weighted by Gasteiger charge is 2.12. The van der Waals surface area contributed by atoms with Gasteiger partial charge in [0.1, 0.15) is 6.54 Å². The molecule has 3 N–H and O–H groups in total. The average Bonchev–Trinajstić information content (AvgIpc) is 2.52. The quantitative estimate of drug-likeness (QED) is 0.447.